The van der Waals surface area contributed by atoms with Crippen molar-refractivity contribution in [2.75, 3.05) is 6.54 Å². The van der Waals surface area contributed by atoms with Gasteiger partial charge in [0.25, 0.3) is 0 Å². The largest absolute Gasteiger partial charge is 0.330 e. The molecule has 4 aliphatic rings. The Bertz CT molecular complexity index is 520. The lowest BCUT2D eigenvalue weighted by Crippen LogP contribution is -2.51. The molecule has 1 heteroatoms. The Kier molecular flexibility index (Phi) is 3.80. The highest BCUT2D eigenvalue weighted by Crippen LogP contribution is 2.67. The number of benzene rings is 1. The van der Waals surface area contributed by atoms with Crippen molar-refractivity contribution in [3.05, 3.63) is 35.4 Å². The van der Waals surface area contributed by atoms with Crippen molar-refractivity contribution in [3.63, 3.8) is 0 Å². The molecule has 1 aromatic carbocycles. The average Bonchev–Trinajstić information content (AvgIpc) is 2.48. The minimum atomic E-state index is 0.607. The molecule has 3 unspecified atom stereocenters. The van der Waals surface area contributed by atoms with Crippen molar-refractivity contribution < 1.29 is 0 Å². The lowest BCUT2D eigenvalue weighted by molar-refractivity contribution is -0.0812. The van der Waals surface area contributed by atoms with E-state index in [1.165, 1.54) is 56.9 Å². The van der Waals surface area contributed by atoms with Gasteiger partial charge in [0.2, 0.25) is 0 Å². The van der Waals surface area contributed by atoms with Crippen LogP contribution in [0, 0.1) is 30.1 Å². The fourth-order valence-corrected chi connectivity index (χ4v) is 6.71. The van der Waals surface area contributed by atoms with Crippen molar-refractivity contribution in [1.82, 2.24) is 0 Å². The van der Waals surface area contributed by atoms with Crippen molar-refractivity contribution in [2.24, 2.45) is 28.9 Å². The molecule has 0 aliphatic heterocycles. The molecule has 0 heterocycles. The molecule has 0 spiro atoms. The van der Waals surface area contributed by atoms with E-state index in [-0.39, 0.29) is 0 Å². The molecule has 22 heavy (non-hydrogen) atoms. The van der Waals surface area contributed by atoms with Crippen LogP contribution in [-0.4, -0.2) is 6.54 Å². The zero-order valence-corrected chi connectivity index (χ0v) is 14.1. The van der Waals surface area contributed by atoms with Gasteiger partial charge in [0.15, 0.2) is 0 Å². The molecule has 5 rings (SSSR count). The Morgan fingerprint density at radius 2 is 1.77 bits per heavy atom. The topological polar surface area (TPSA) is 26.0 Å². The van der Waals surface area contributed by atoms with Gasteiger partial charge in [0.05, 0.1) is 0 Å². The first-order chi connectivity index (χ1) is 10.7. The second-order valence-electron chi connectivity index (χ2n) is 8.55. The van der Waals surface area contributed by atoms with Gasteiger partial charge >= 0.3 is 0 Å². The molecule has 0 saturated heterocycles. The number of nitrogens with two attached hydrogens (primary N) is 1. The number of hydrogen-bond donors (Lipinski definition) is 1. The van der Waals surface area contributed by atoms with E-state index in [0.717, 1.165) is 30.2 Å². The fourth-order valence-electron chi connectivity index (χ4n) is 6.71. The molecule has 4 bridgehead atoms. The number of rotatable bonds is 5. The molecule has 0 aromatic heterocycles. The van der Waals surface area contributed by atoms with Crippen LogP contribution >= 0.6 is 0 Å². The Balaban J connectivity index is 1.69. The molecule has 1 aromatic rings. The maximum absolute atomic E-state index is 5.78. The maximum atomic E-state index is 5.78. The SMILES string of the molecule is Cc1ccccc1C1C2CC3CC(C2)CC1(CCCCN)C3. The van der Waals surface area contributed by atoms with E-state index in [9.17, 15) is 0 Å². The van der Waals surface area contributed by atoms with Crippen LogP contribution in [0.2, 0.25) is 0 Å². The lowest BCUT2D eigenvalue weighted by Gasteiger charge is -2.62. The van der Waals surface area contributed by atoms with Gasteiger partial charge in [-0.1, -0.05) is 30.7 Å². The summed E-state index contributed by atoms with van der Waals surface area (Å²) >= 11 is 0. The molecule has 0 radical (unpaired) electrons. The summed E-state index contributed by atoms with van der Waals surface area (Å²) in [7, 11) is 0. The summed E-state index contributed by atoms with van der Waals surface area (Å²) in [6.45, 7) is 3.19. The summed E-state index contributed by atoms with van der Waals surface area (Å²) < 4.78 is 0. The average molecular weight is 297 g/mol. The van der Waals surface area contributed by atoms with Gasteiger partial charge in [-0.25, -0.2) is 0 Å². The van der Waals surface area contributed by atoms with Gasteiger partial charge in [-0.15, -0.1) is 0 Å². The van der Waals surface area contributed by atoms with Gasteiger partial charge in [-0.3, -0.25) is 0 Å². The molecule has 120 valence electrons. The zero-order valence-electron chi connectivity index (χ0n) is 14.1. The van der Waals surface area contributed by atoms with Crippen LogP contribution in [0.5, 0.6) is 0 Å². The molecule has 2 N–H and O–H groups in total. The van der Waals surface area contributed by atoms with E-state index in [2.05, 4.69) is 31.2 Å². The van der Waals surface area contributed by atoms with E-state index in [1.54, 1.807) is 5.56 Å². The molecule has 1 nitrogen and oxygen atoms in total. The highest BCUT2D eigenvalue weighted by molar-refractivity contribution is 5.33. The third kappa shape index (κ3) is 2.33. The second-order valence-corrected chi connectivity index (χ2v) is 8.55. The van der Waals surface area contributed by atoms with E-state index in [1.807, 2.05) is 0 Å². The summed E-state index contributed by atoms with van der Waals surface area (Å²) in [5.41, 5.74) is 9.59. The Labute approximate surface area is 135 Å². The normalized spacial score (nSPS) is 39.4. The van der Waals surface area contributed by atoms with Gasteiger partial charge < -0.3 is 5.73 Å². The monoisotopic (exact) mass is 297 g/mol. The van der Waals surface area contributed by atoms with Crippen LogP contribution in [-0.2, 0) is 0 Å². The summed E-state index contributed by atoms with van der Waals surface area (Å²) in [5, 5.41) is 0. The highest BCUT2D eigenvalue weighted by Gasteiger charge is 2.56. The predicted molar refractivity (Wildman–Crippen MR) is 92.8 cm³/mol. The third-order valence-electron chi connectivity index (χ3n) is 7.11. The van der Waals surface area contributed by atoms with Gasteiger partial charge in [0.1, 0.15) is 0 Å². The summed E-state index contributed by atoms with van der Waals surface area (Å²) in [5.74, 6) is 3.87. The molecular formula is C21H31N. The standard InChI is InChI=1S/C21H31N/c1-15-6-2-3-7-19(15)20-18-11-16-10-17(12-18)14-21(20,13-16)8-4-5-9-22/h2-3,6-7,16-18,20H,4-5,8-14,22H2,1H3. The first kappa shape index (κ1) is 14.8. The van der Waals surface area contributed by atoms with Gasteiger partial charge in [-0.2, -0.15) is 0 Å². The Hall–Kier alpha value is -0.820. The molecule has 3 atom stereocenters. The first-order valence-electron chi connectivity index (χ1n) is 9.47. The number of hydrogen-bond acceptors (Lipinski definition) is 1. The molecule has 0 amide bonds. The quantitative estimate of drug-likeness (QED) is 0.758. The maximum Gasteiger partial charge on any atom is -0.00740 e. The Morgan fingerprint density at radius 3 is 2.45 bits per heavy atom. The van der Waals surface area contributed by atoms with Crippen LogP contribution in [0.3, 0.4) is 0 Å². The van der Waals surface area contributed by atoms with E-state index >= 15 is 0 Å². The fraction of sp³-hybridized carbons (Fsp3) is 0.714. The van der Waals surface area contributed by atoms with E-state index < -0.39 is 0 Å². The van der Waals surface area contributed by atoms with E-state index in [4.69, 9.17) is 5.73 Å². The third-order valence-corrected chi connectivity index (χ3v) is 7.11. The molecule has 4 saturated carbocycles. The summed E-state index contributed by atoms with van der Waals surface area (Å²) in [4.78, 5) is 0. The van der Waals surface area contributed by atoms with Gasteiger partial charge in [-0.05, 0) is 98.6 Å². The molecular weight excluding hydrogens is 266 g/mol. The van der Waals surface area contributed by atoms with Crippen molar-refractivity contribution in [3.8, 4) is 0 Å². The lowest BCUT2D eigenvalue weighted by atomic mass is 9.43. The van der Waals surface area contributed by atoms with Crippen LogP contribution < -0.4 is 5.73 Å². The van der Waals surface area contributed by atoms with Crippen LogP contribution in [0.15, 0.2) is 24.3 Å². The number of aryl methyl sites for hydroxylation is 1. The zero-order chi connectivity index (χ0) is 15.2. The first-order valence-corrected chi connectivity index (χ1v) is 9.47. The van der Waals surface area contributed by atoms with Crippen LogP contribution in [0.1, 0.15) is 68.4 Å². The summed E-state index contributed by atoms with van der Waals surface area (Å²) in [6.07, 6.45) is 11.5. The predicted octanol–water partition coefficient (Wildman–Crippen LogP) is 5.03. The second kappa shape index (κ2) is 5.67. The highest BCUT2D eigenvalue weighted by atomic mass is 14.6. The van der Waals surface area contributed by atoms with E-state index in [0.29, 0.717) is 5.41 Å². The van der Waals surface area contributed by atoms with Crippen molar-refractivity contribution in [2.45, 2.75) is 64.2 Å². The minimum Gasteiger partial charge on any atom is -0.330 e. The van der Waals surface area contributed by atoms with Crippen molar-refractivity contribution >= 4 is 0 Å². The van der Waals surface area contributed by atoms with Crippen LogP contribution in [0.25, 0.3) is 0 Å². The van der Waals surface area contributed by atoms with Gasteiger partial charge in [0, 0.05) is 0 Å². The van der Waals surface area contributed by atoms with Crippen molar-refractivity contribution in [1.29, 1.82) is 0 Å². The number of unbranched alkanes of at least 4 members (excludes halogenated alkanes) is 1. The molecule has 4 aliphatic carbocycles. The van der Waals surface area contributed by atoms with Crippen LogP contribution in [0.4, 0.5) is 0 Å². The molecule has 4 fully saturated rings. The minimum absolute atomic E-state index is 0.607. The Morgan fingerprint density at radius 1 is 1.05 bits per heavy atom. The summed E-state index contributed by atoms with van der Waals surface area (Å²) in [6, 6.07) is 9.23. The smallest absolute Gasteiger partial charge is 0.00740 e.